The summed E-state index contributed by atoms with van der Waals surface area (Å²) < 4.78 is 0.987. The van der Waals surface area contributed by atoms with E-state index in [1.807, 2.05) is 12.1 Å². The van der Waals surface area contributed by atoms with Crippen LogP contribution in [-0.4, -0.2) is 4.98 Å². The van der Waals surface area contributed by atoms with Crippen molar-refractivity contribution >= 4 is 27.4 Å². The lowest BCUT2D eigenvalue weighted by Crippen LogP contribution is -1.97. The summed E-state index contributed by atoms with van der Waals surface area (Å²) >= 11 is 3.39. The van der Waals surface area contributed by atoms with Crippen LogP contribution in [0.5, 0.6) is 0 Å². The molecule has 2 aromatic rings. The van der Waals surface area contributed by atoms with E-state index >= 15 is 0 Å². The zero-order valence-corrected chi connectivity index (χ0v) is 12.5. The molecule has 0 fully saturated rings. The fourth-order valence-electron chi connectivity index (χ4n) is 1.72. The van der Waals surface area contributed by atoms with Gasteiger partial charge in [-0.2, -0.15) is 0 Å². The lowest BCUT2D eigenvalue weighted by molar-refractivity contribution is 0.866. The molecule has 1 heterocycles. The van der Waals surface area contributed by atoms with Crippen LogP contribution in [-0.2, 0) is 0 Å². The number of benzene rings is 1. The molecular formula is C15H17BrN2. The monoisotopic (exact) mass is 304 g/mol. The van der Waals surface area contributed by atoms with Gasteiger partial charge < -0.3 is 5.32 Å². The number of nitrogens with one attached hydrogen (secondary N) is 1. The SMILES string of the molecule is Cc1ccc(C(C)C)cc1Nc1ccc(Br)cn1. The van der Waals surface area contributed by atoms with Crippen molar-refractivity contribution in [2.24, 2.45) is 0 Å². The Kier molecular flexibility index (Phi) is 4.02. The van der Waals surface area contributed by atoms with Gasteiger partial charge in [0.2, 0.25) is 0 Å². The van der Waals surface area contributed by atoms with Crippen molar-refractivity contribution < 1.29 is 0 Å². The summed E-state index contributed by atoms with van der Waals surface area (Å²) in [7, 11) is 0. The number of hydrogen-bond acceptors (Lipinski definition) is 2. The average Bonchev–Trinajstić information content (AvgIpc) is 2.34. The Morgan fingerprint density at radius 2 is 1.94 bits per heavy atom. The van der Waals surface area contributed by atoms with E-state index in [0.29, 0.717) is 5.92 Å². The Labute approximate surface area is 117 Å². The first-order valence-electron chi connectivity index (χ1n) is 6.05. The predicted octanol–water partition coefficient (Wildman–Crippen LogP) is 5.02. The highest BCUT2D eigenvalue weighted by Crippen LogP contribution is 2.25. The first-order valence-corrected chi connectivity index (χ1v) is 6.84. The summed E-state index contributed by atoms with van der Waals surface area (Å²) in [6, 6.07) is 10.5. The van der Waals surface area contributed by atoms with Gasteiger partial charge in [0.1, 0.15) is 5.82 Å². The lowest BCUT2D eigenvalue weighted by Gasteiger charge is -2.12. The summed E-state index contributed by atoms with van der Waals surface area (Å²) in [5, 5.41) is 3.36. The molecule has 94 valence electrons. The number of pyridine rings is 1. The summed E-state index contributed by atoms with van der Waals surface area (Å²) in [6.45, 7) is 6.50. The highest BCUT2D eigenvalue weighted by Gasteiger charge is 2.04. The first-order chi connectivity index (χ1) is 8.56. The molecule has 1 N–H and O–H groups in total. The third kappa shape index (κ3) is 3.10. The van der Waals surface area contributed by atoms with E-state index < -0.39 is 0 Å². The molecule has 0 saturated carbocycles. The average molecular weight is 305 g/mol. The van der Waals surface area contributed by atoms with Crippen LogP contribution in [0.15, 0.2) is 41.0 Å². The van der Waals surface area contributed by atoms with Crippen LogP contribution < -0.4 is 5.32 Å². The number of hydrogen-bond donors (Lipinski definition) is 1. The second-order valence-electron chi connectivity index (χ2n) is 4.72. The molecule has 1 aromatic carbocycles. The van der Waals surface area contributed by atoms with Crippen molar-refractivity contribution in [1.82, 2.24) is 4.98 Å². The quantitative estimate of drug-likeness (QED) is 0.861. The largest absolute Gasteiger partial charge is 0.340 e. The Hall–Kier alpha value is -1.35. The molecule has 1 aromatic heterocycles. The molecule has 0 amide bonds. The van der Waals surface area contributed by atoms with Crippen LogP contribution in [0.25, 0.3) is 0 Å². The second kappa shape index (κ2) is 5.53. The Balaban J connectivity index is 2.27. The lowest BCUT2D eigenvalue weighted by atomic mass is 10.0. The Bertz CT molecular complexity index is 533. The van der Waals surface area contributed by atoms with Gasteiger partial charge in [-0.1, -0.05) is 26.0 Å². The maximum Gasteiger partial charge on any atom is 0.130 e. The van der Waals surface area contributed by atoms with Crippen LogP contribution >= 0.6 is 15.9 Å². The summed E-state index contributed by atoms with van der Waals surface area (Å²) in [4.78, 5) is 4.33. The van der Waals surface area contributed by atoms with Crippen molar-refractivity contribution in [1.29, 1.82) is 0 Å². The van der Waals surface area contributed by atoms with E-state index in [2.05, 4.69) is 65.2 Å². The molecule has 0 aliphatic rings. The summed E-state index contributed by atoms with van der Waals surface area (Å²) in [5.41, 5.74) is 3.68. The summed E-state index contributed by atoms with van der Waals surface area (Å²) in [5.74, 6) is 1.39. The zero-order chi connectivity index (χ0) is 13.1. The van der Waals surface area contributed by atoms with Crippen LogP contribution in [0, 0.1) is 6.92 Å². The van der Waals surface area contributed by atoms with E-state index in [0.717, 1.165) is 16.0 Å². The third-order valence-corrected chi connectivity index (χ3v) is 3.39. The minimum atomic E-state index is 0.532. The van der Waals surface area contributed by atoms with E-state index in [9.17, 15) is 0 Å². The maximum absolute atomic E-state index is 4.33. The number of anilines is 2. The van der Waals surface area contributed by atoms with E-state index in [-0.39, 0.29) is 0 Å². The van der Waals surface area contributed by atoms with Gasteiger partial charge in [-0.15, -0.1) is 0 Å². The molecule has 0 radical (unpaired) electrons. The van der Waals surface area contributed by atoms with Gasteiger partial charge in [-0.3, -0.25) is 0 Å². The van der Waals surface area contributed by atoms with Gasteiger partial charge in [-0.05, 0) is 58.1 Å². The molecule has 2 nitrogen and oxygen atoms in total. The van der Waals surface area contributed by atoms with Gasteiger partial charge >= 0.3 is 0 Å². The topological polar surface area (TPSA) is 24.9 Å². The van der Waals surface area contributed by atoms with E-state index in [1.54, 1.807) is 6.20 Å². The molecular weight excluding hydrogens is 288 g/mol. The minimum absolute atomic E-state index is 0.532. The number of aromatic nitrogens is 1. The fourth-order valence-corrected chi connectivity index (χ4v) is 1.96. The van der Waals surface area contributed by atoms with Crippen LogP contribution in [0.4, 0.5) is 11.5 Å². The number of halogens is 1. The second-order valence-corrected chi connectivity index (χ2v) is 5.63. The van der Waals surface area contributed by atoms with Crippen LogP contribution in [0.2, 0.25) is 0 Å². The minimum Gasteiger partial charge on any atom is -0.340 e. The maximum atomic E-state index is 4.33. The number of nitrogens with zero attached hydrogens (tertiary/aromatic N) is 1. The van der Waals surface area contributed by atoms with Crippen molar-refractivity contribution in [3.8, 4) is 0 Å². The van der Waals surface area contributed by atoms with Crippen molar-refractivity contribution in [3.05, 3.63) is 52.1 Å². The molecule has 0 aliphatic heterocycles. The van der Waals surface area contributed by atoms with Crippen LogP contribution in [0.3, 0.4) is 0 Å². The molecule has 0 spiro atoms. The van der Waals surface area contributed by atoms with E-state index in [4.69, 9.17) is 0 Å². The highest BCUT2D eigenvalue weighted by molar-refractivity contribution is 9.10. The zero-order valence-electron chi connectivity index (χ0n) is 10.9. The molecule has 0 unspecified atom stereocenters. The molecule has 2 rings (SSSR count). The normalized spacial score (nSPS) is 10.7. The highest BCUT2D eigenvalue weighted by atomic mass is 79.9. The molecule has 0 bridgehead atoms. The smallest absolute Gasteiger partial charge is 0.130 e. The summed E-state index contributed by atoms with van der Waals surface area (Å²) in [6.07, 6.45) is 1.80. The molecule has 3 heteroatoms. The van der Waals surface area contributed by atoms with Gasteiger partial charge in [0, 0.05) is 16.4 Å². The third-order valence-electron chi connectivity index (χ3n) is 2.92. The van der Waals surface area contributed by atoms with Crippen molar-refractivity contribution in [2.75, 3.05) is 5.32 Å². The van der Waals surface area contributed by atoms with Gasteiger partial charge in [0.15, 0.2) is 0 Å². The van der Waals surface area contributed by atoms with Crippen molar-refractivity contribution in [3.63, 3.8) is 0 Å². The molecule has 0 aliphatic carbocycles. The fraction of sp³-hybridized carbons (Fsp3) is 0.267. The molecule has 0 atom stereocenters. The first kappa shape index (κ1) is 13.1. The van der Waals surface area contributed by atoms with Gasteiger partial charge in [-0.25, -0.2) is 4.98 Å². The Morgan fingerprint density at radius 3 is 2.56 bits per heavy atom. The van der Waals surface area contributed by atoms with Gasteiger partial charge in [0.05, 0.1) is 0 Å². The van der Waals surface area contributed by atoms with Gasteiger partial charge in [0.25, 0.3) is 0 Å². The molecule has 0 saturated heterocycles. The number of rotatable bonds is 3. The van der Waals surface area contributed by atoms with Crippen LogP contribution in [0.1, 0.15) is 30.9 Å². The Morgan fingerprint density at radius 1 is 1.17 bits per heavy atom. The van der Waals surface area contributed by atoms with E-state index in [1.165, 1.54) is 11.1 Å². The standard InChI is InChI=1S/C15H17BrN2/c1-10(2)12-5-4-11(3)14(8-12)18-15-7-6-13(16)9-17-15/h4-10H,1-3H3,(H,17,18). The predicted molar refractivity (Wildman–Crippen MR) is 80.5 cm³/mol. The van der Waals surface area contributed by atoms with Crippen molar-refractivity contribution in [2.45, 2.75) is 26.7 Å². The molecule has 18 heavy (non-hydrogen) atoms. The number of aryl methyl sites for hydroxylation is 1.